The van der Waals surface area contributed by atoms with E-state index in [4.69, 9.17) is 12.2 Å². The van der Waals surface area contributed by atoms with Crippen LogP contribution in [-0.2, 0) is 12.8 Å². The smallest absolute Gasteiger partial charge is 0.144 e. The molecule has 1 rings (SSSR count). The molecule has 0 saturated heterocycles. The maximum absolute atomic E-state index is 5.24. The predicted octanol–water partition coefficient (Wildman–Crippen LogP) is 3.35. The molecule has 0 aliphatic rings. The fourth-order valence-corrected chi connectivity index (χ4v) is 2.43. The third-order valence-corrected chi connectivity index (χ3v) is 4.31. The number of nitrogens with one attached hydrogen (secondary N) is 1. The first-order chi connectivity index (χ1) is 8.12. The molecule has 1 N–H and O–H groups in total. The number of aromatic nitrogens is 2. The Morgan fingerprint density at radius 3 is 2.47 bits per heavy atom. The molecule has 0 unspecified atom stereocenters. The van der Waals surface area contributed by atoms with Crippen LogP contribution in [0.15, 0.2) is 4.47 Å². The molecule has 0 bridgehead atoms. The van der Waals surface area contributed by atoms with E-state index in [9.17, 15) is 0 Å². The molecule has 0 aliphatic carbocycles. The molecule has 0 saturated carbocycles. The summed E-state index contributed by atoms with van der Waals surface area (Å²) in [5, 5.41) is 0. The summed E-state index contributed by atoms with van der Waals surface area (Å²) in [5.41, 5.74) is 1.14. The first-order valence-corrected chi connectivity index (χ1v) is 7.32. The van der Waals surface area contributed by atoms with Gasteiger partial charge in [-0.2, -0.15) is 0 Å². The van der Waals surface area contributed by atoms with Crippen molar-refractivity contribution in [3.63, 3.8) is 0 Å². The van der Waals surface area contributed by atoms with E-state index >= 15 is 0 Å². The largest absolute Gasteiger partial charge is 0.346 e. The van der Waals surface area contributed by atoms with E-state index < -0.39 is 0 Å². The number of rotatable bonds is 6. The van der Waals surface area contributed by atoms with E-state index in [2.05, 4.69) is 51.6 Å². The minimum Gasteiger partial charge on any atom is -0.346 e. The number of H-pyrrole nitrogens is 1. The van der Waals surface area contributed by atoms with Gasteiger partial charge >= 0.3 is 0 Å². The summed E-state index contributed by atoms with van der Waals surface area (Å²) in [6.07, 6.45) is 1.86. The highest BCUT2D eigenvalue weighted by atomic mass is 79.9. The molecule has 96 valence electrons. The molecule has 0 radical (unpaired) electrons. The second kappa shape index (κ2) is 7.24. The fourth-order valence-electron chi connectivity index (χ4n) is 1.72. The third-order valence-electron chi connectivity index (χ3n) is 2.90. The predicted molar refractivity (Wildman–Crippen MR) is 78.0 cm³/mol. The highest BCUT2D eigenvalue weighted by Gasteiger charge is 2.06. The Morgan fingerprint density at radius 1 is 1.29 bits per heavy atom. The maximum Gasteiger partial charge on any atom is 0.144 e. The Balaban J connectivity index is 2.78. The van der Waals surface area contributed by atoms with Crippen LogP contribution in [0.2, 0.25) is 0 Å². The van der Waals surface area contributed by atoms with Gasteiger partial charge in [-0.1, -0.05) is 33.0 Å². The number of hydrogen-bond donors (Lipinski definition) is 1. The van der Waals surface area contributed by atoms with Crippen LogP contribution in [-0.4, -0.2) is 34.5 Å². The third kappa shape index (κ3) is 4.16. The fraction of sp³-hybridized carbons (Fsp3) is 0.667. The van der Waals surface area contributed by atoms with Gasteiger partial charge in [0.15, 0.2) is 0 Å². The minimum atomic E-state index is 0.662. The molecule has 0 aliphatic heterocycles. The van der Waals surface area contributed by atoms with Crippen LogP contribution in [0.25, 0.3) is 0 Å². The molecule has 0 atom stereocenters. The molecule has 3 nitrogen and oxygen atoms in total. The zero-order chi connectivity index (χ0) is 12.8. The van der Waals surface area contributed by atoms with Gasteiger partial charge in [-0.25, -0.2) is 4.98 Å². The number of likely N-dealkylation sites (N-methyl/N-ethyl adjacent to an activating group) is 1. The van der Waals surface area contributed by atoms with Gasteiger partial charge in [0.2, 0.25) is 0 Å². The first kappa shape index (κ1) is 14.8. The SMILES string of the molecule is CCc1[nH]c(CCN(CC)CC)nc(=S)c1Br. The molecular formula is C12H20BrN3S. The van der Waals surface area contributed by atoms with Gasteiger partial charge in [0.25, 0.3) is 0 Å². The lowest BCUT2D eigenvalue weighted by Crippen LogP contribution is -2.26. The molecule has 17 heavy (non-hydrogen) atoms. The number of aryl methyl sites for hydroxylation is 1. The van der Waals surface area contributed by atoms with Gasteiger partial charge in [-0.05, 0) is 35.4 Å². The summed E-state index contributed by atoms with van der Waals surface area (Å²) < 4.78 is 1.59. The molecule has 1 aromatic rings. The van der Waals surface area contributed by atoms with Gasteiger partial charge < -0.3 is 9.88 Å². The van der Waals surface area contributed by atoms with Crippen LogP contribution in [0.5, 0.6) is 0 Å². The van der Waals surface area contributed by atoms with Crippen LogP contribution >= 0.6 is 28.1 Å². The van der Waals surface area contributed by atoms with Crippen molar-refractivity contribution in [1.82, 2.24) is 14.9 Å². The monoisotopic (exact) mass is 317 g/mol. The molecule has 5 heteroatoms. The molecule has 0 aromatic carbocycles. The highest BCUT2D eigenvalue weighted by Crippen LogP contribution is 2.16. The lowest BCUT2D eigenvalue weighted by molar-refractivity contribution is 0.305. The number of hydrogen-bond acceptors (Lipinski definition) is 3. The van der Waals surface area contributed by atoms with Crippen molar-refractivity contribution < 1.29 is 0 Å². The summed E-state index contributed by atoms with van der Waals surface area (Å²) in [5.74, 6) is 0.988. The van der Waals surface area contributed by atoms with Gasteiger partial charge in [-0.15, -0.1) is 0 Å². The van der Waals surface area contributed by atoms with Gasteiger partial charge in [0.05, 0.1) is 4.47 Å². The van der Waals surface area contributed by atoms with Crippen LogP contribution in [0.1, 0.15) is 32.3 Å². The second-order valence-electron chi connectivity index (χ2n) is 3.91. The van der Waals surface area contributed by atoms with E-state index in [0.29, 0.717) is 4.64 Å². The zero-order valence-corrected chi connectivity index (χ0v) is 13.1. The Labute approximate surface area is 117 Å². The van der Waals surface area contributed by atoms with E-state index in [0.717, 1.165) is 48.5 Å². The number of nitrogens with zero attached hydrogens (tertiary/aromatic N) is 2. The molecular weight excluding hydrogens is 298 g/mol. The minimum absolute atomic E-state index is 0.662. The van der Waals surface area contributed by atoms with Crippen molar-refractivity contribution in [2.24, 2.45) is 0 Å². The van der Waals surface area contributed by atoms with Crippen molar-refractivity contribution >= 4 is 28.1 Å². The second-order valence-corrected chi connectivity index (χ2v) is 5.09. The number of aromatic amines is 1. The molecule has 1 aromatic heterocycles. The van der Waals surface area contributed by atoms with Crippen molar-refractivity contribution in [3.05, 3.63) is 20.6 Å². The summed E-state index contributed by atoms with van der Waals surface area (Å²) in [4.78, 5) is 10.1. The van der Waals surface area contributed by atoms with Gasteiger partial charge in [-0.3, -0.25) is 0 Å². The van der Waals surface area contributed by atoms with Crippen LogP contribution in [0, 0.1) is 4.64 Å². The van der Waals surface area contributed by atoms with Gasteiger partial charge in [0, 0.05) is 18.7 Å². The quantitative estimate of drug-likeness (QED) is 0.816. The standard InChI is InChI=1S/C12H20BrN3S/c1-4-9-11(13)12(17)15-10(14-9)7-8-16(5-2)6-3/h4-8H2,1-3H3,(H,14,15,17). The van der Waals surface area contributed by atoms with Crippen molar-refractivity contribution in [1.29, 1.82) is 0 Å². The lowest BCUT2D eigenvalue weighted by Gasteiger charge is -2.17. The molecule has 0 spiro atoms. The Hall–Kier alpha value is -0.260. The first-order valence-electron chi connectivity index (χ1n) is 6.12. The van der Waals surface area contributed by atoms with E-state index in [-0.39, 0.29) is 0 Å². The van der Waals surface area contributed by atoms with E-state index in [1.165, 1.54) is 0 Å². The molecule has 1 heterocycles. The molecule has 0 fully saturated rings. The zero-order valence-electron chi connectivity index (χ0n) is 10.7. The normalized spacial score (nSPS) is 11.1. The summed E-state index contributed by atoms with van der Waals surface area (Å²) in [7, 11) is 0. The molecule has 0 amide bonds. The van der Waals surface area contributed by atoms with E-state index in [1.807, 2.05) is 0 Å². The van der Waals surface area contributed by atoms with Crippen LogP contribution < -0.4 is 0 Å². The lowest BCUT2D eigenvalue weighted by atomic mass is 10.3. The average molecular weight is 318 g/mol. The van der Waals surface area contributed by atoms with Crippen LogP contribution in [0.3, 0.4) is 0 Å². The Morgan fingerprint density at radius 2 is 1.94 bits per heavy atom. The van der Waals surface area contributed by atoms with E-state index in [1.54, 1.807) is 0 Å². The number of halogens is 1. The Kier molecular flexibility index (Phi) is 6.30. The topological polar surface area (TPSA) is 31.9 Å². The summed E-state index contributed by atoms with van der Waals surface area (Å²) in [6.45, 7) is 9.65. The average Bonchev–Trinajstić information content (AvgIpc) is 2.34. The Bertz CT molecular complexity index is 413. The van der Waals surface area contributed by atoms with Crippen molar-refractivity contribution in [2.75, 3.05) is 19.6 Å². The van der Waals surface area contributed by atoms with Crippen molar-refractivity contribution in [2.45, 2.75) is 33.6 Å². The summed E-state index contributed by atoms with van der Waals surface area (Å²) in [6, 6.07) is 0. The van der Waals surface area contributed by atoms with Gasteiger partial charge in [0.1, 0.15) is 10.5 Å². The van der Waals surface area contributed by atoms with Crippen molar-refractivity contribution in [3.8, 4) is 0 Å². The maximum atomic E-state index is 5.24. The summed E-state index contributed by atoms with van der Waals surface area (Å²) >= 11 is 8.71. The van der Waals surface area contributed by atoms with Crippen LogP contribution in [0.4, 0.5) is 0 Å². The highest BCUT2D eigenvalue weighted by molar-refractivity contribution is 9.10.